The van der Waals surface area contributed by atoms with Gasteiger partial charge in [-0.1, -0.05) is 30.3 Å². The van der Waals surface area contributed by atoms with Gasteiger partial charge in [0.05, 0.1) is 0 Å². The predicted molar refractivity (Wildman–Crippen MR) is 50.8 cm³/mol. The highest BCUT2D eigenvalue weighted by atomic mass is 14.7. The highest BCUT2D eigenvalue weighted by Gasteiger charge is 2.26. The molecule has 2 N–H and O–H groups in total. The molecule has 0 bridgehead atoms. The van der Waals surface area contributed by atoms with Gasteiger partial charge >= 0.3 is 0 Å². The maximum atomic E-state index is 6.03. The van der Waals surface area contributed by atoms with Gasteiger partial charge in [0.15, 0.2) is 0 Å². The molecule has 62 valence electrons. The summed E-state index contributed by atoms with van der Waals surface area (Å²) in [6, 6.07) is 8.54. The molecule has 0 heterocycles. The van der Waals surface area contributed by atoms with Gasteiger partial charge in [0.1, 0.15) is 0 Å². The summed E-state index contributed by atoms with van der Waals surface area (Å²) in [5, 5.41) is 0. The van der Waals surface area contributed by atoms with E-state index >= 15 is 0 Å². The Hall–Kier alpha value is -1.08. The fourth-order valence-electron chi connectivity index (χ4n) is 1.89. The van der Waals surface area contributed by atoms with Gasteiger partial charge in [-0.3, -0.25) is 0 Å². The normalized spacial score (nSPS) is 26.8. The van der Waals surface area contributed by atoms with Crippen LogP contribution in [0.5, 0.6) is 0 Å². The third-order valence-electron chi connectivity index (χ3n) is 2.63. The van der Waals surface area contributed by atoms with Crippen LogP contribution in [0.25, 0.3) is 0 Å². The van der Waals surface area contributed by atoms with Crippen LogP contribution in [-0.2, 0) is 6.42 Å². The Morgan fingerprint density at radius 1 is 1.42 bits per heavy atom. The number of hydrogen-bond acceptors (Lipinski definition) is 1. The van der Waals surface area contributed by atoms with Crippen LogP contribution < -0.4 is 5.73 Å². The zero-order chi connectivity index (χ0) is 8.55. The van der Waals surface area contributed by atoms with E-state index in [4.69, 9.17) is 5.73 Å². The second kappa shape index (κ2) is 2.76. The number of nitrogens with two attached hydrogens (primary N) is 1. The molecule has 2 rings (SSSR count). The van der Waals surface area contributed by atoms with Crippen molar-refractivity contribution in [2.45, 2.75) is 12.5 Å². The average Bonchev–Trinajstić information content (AvgIpc) is 2.44. The van der Waals surface area contributed by atoms with Gasteiger partial charge in [-0.15, -0.1) is 6.58 Å². The molecule has 2 atom stereocenters. The summed E-state index contributed by atoms with van der Waals surface area (Å²) in [6.07, 6.45) is 3.02. The molecule has 1 aliphatic carbocycles. The molecule has 1 nitrogen and oxygen atoms in total. The minimum absolute atomic E-state index is 0.165. The Balaban J connectivity index is 2.41. The van der Waals surface area contributed by atoms with E-state index in [0.717, 1.165) is 6.42 Å². The van der Waals surface area contributed by atoms with Crippen LogP contribution in [-0.4, -0.2) is 0 Å². The largest absolute Gasteiger partial charge is 0.323 e. The van der Waals surface area contributed by atoms with E-state index in [9.17, 15) is 0 Å². The Morgan fingerprint density at radius 3 is 2.83 bits per heavy atom. The van der Waals surface area contributed by atoms with Crippen molar-refractivity contribution in [3.63, 3.8) is 0 Å². The smallest absolute Gasteiger partial charge is 0.0364 e. The van der Waals surface area contributed by atoms with Gasteiger partial charge in [-0.05, 0) is 23.5 Å². The number of benzene rings is 1. The van der Waals surface area contributed by atoms with E-state index in [1.54, 1.807) is 0 Å². The van der Waals surface area contributed by atoms with Crippen molar-refractivity contribution in [2.75, 3.05) is 0 Å². The molecule has 0 saturated carbocycles. The van der Waals surface area contributed by atoms with Crippen LogP contribution in [0.2, 0.25) is 0 Å². The molecule has 0 radical (unpaired) electrons. The van der Waals surface area contributed by atoms with Crippen LogP contribution in [0.15, 0.2) is 36.9 Å². The lowest BCUT2D eigenvalue weighted by Gasteiger charge is -2.09. The SMILES string of the molecule is C=CC1Cc2ccccc2C1N. The fourth-order valence-corrected chi connectivity index (χ4v) is 1.89. The first kappa shape index (κ1) is 7.56. The van der Waals surface area contributed by atoms with Gasteiger partial charge in [0.2, 0.25) is 0 Å². The third-order valence-corrected chi connectivity index (χ3v) is 2.63. The van der Waals surface area contributed by atoms with Crippen LogP contribution >= 0.6 is 0 Å². The van der Waals surface area contributed by atoms with Crippen LogP contribution in [0.1, 0.15) is 17.2 Å². The summed E-state index contributed by atoms with van der Waals surface area (Å²) in [5.74, 6) is 0.433. The Kier molecular flexibility index (Phi) is 1.74. The van der Waals surface area contributed by atoms with E-state index in [1.165, 1.54) is 11.1 Å². The summed E-state index contributed by atoms with van der Waals surface area (Å²) in [5.41, 5.74) is 8.71. The molecule has 0 aliphatic heterocycles. The summed E-state index contributed by atoms with van der Waals surface area (Å²) in [4.78, 5) is 0. The van der Waals surface area contributed by atoms with Crippen molar-refractivity contribution in [1.82, 2.24) is 0 Å². The van der Waals surface area contributed by atoms with E-state index in [-0.39, 0.29) is 6.04 Å². The first-order valence-corrected chi connectivity index (χ1v) is 4.29. The predicted octanol–water partition coefficient (Wildman–Crippen LogP) is 2.04. The fraction of sp³-hybridized carbons (Fsp3) is 0.273. The number of fused-ring (bicyclic) bond motifs is 1. The summed E-state index contributed by atoms with van der Waals surface area (Å²) >= 11 is 0. The highest BCUT2D eigenvalue weighted by Crippen LogP contribution is 2.34. The van der Waals surface area contributed by atoms with E-state index in [0.29, 0.717) is 5.92 Å². The van der Waals surface area contributed by atoms with Gasteiger partial charge in [0, 0.05) is 6.04 Å². The monoisotopic (exact) mass is 159 g/mol. The van der Waals surface area contributed by atoms with Gasteiger partial charge in [-0.2, -0.15) is 0 Å². The van der Waals surface area contributed by atoms with E-state index in [1.807, 2.05) is 12.1 Å². The molecule has 0 fully saturated rings. The molecule has 0 amide bonds. The Morgan fingerprint density at radius 2 is 2.17 bits per heavy atom. The van der Waals surface area contributed by atoms with Crippen molar-refractivity contribution in [3.05, 3.63) is 48.0 Å². The second-order valence-electron chi connectivity index (χ2n) is 3.33. The highest BCUT2D eigenvalue weighted by molar-refractivity contribution is 5.36. The van der Waals surface area contributed by atoms with Crippen molar-refractivity contribution < 1.29 is 0 Å². The van der Waals surface area contributed by atoms with Crippen molar-refractivity contribution in [3.8, 4) is 0 Å². The summed E-state index contributed by atoms with van der Waals surface area (Å²) in [7, 11) is 0. The van der Waals surface area contributed by atoms with Gasteiger partial charge < -0.3 is 5.73 Å². The molecule has 12 heavy (non-hydrogen) atoms. The maximum Gasteiger partial charge on any atom is 0.0364 e. The summed E-state index contributed by atoms with van der Waals surface area (Å²) in [6.45, 7) is 3.80. The van der Waals surface area contributed by atoms with Crippen LogP contribution in [0.4, 0.5) is 0 Å². The quantitative estimate of drug-likeness (QED) is 0.623. The molecule has 1 aliphatic rings. The average molecular weight is 159 g/mol. The lowest BCUT2D eigenvalue weighted by Crippen LogP contribution is -2.14. The molecule has 0 saturated heterocycles. The zero-order valence-corrected chi connectivity index (χ0v) is 7.03. The molecule has 0 aromatic heterocycles. The van der Waals surface area contributed by atoms with Gasteiger partial charge in [-0.25, -0.2) is 0 Å². The summed E-state index contributed by atoms with van der Waals surface area (Å²) < 4.78 is 0. The van der Waals surface area contributed by atoms with E-state index < -0.39 is 0 Å². The van der Waals surface area contributed by atoms with Gasteiger partial charge in [0.25, 0.3) is 0 Å². The molecule has 1 aromatic rings. The standard InChI is InChI=1S/C11H13N/c1-2-8-7-9-5-3-4-6-10(9)11(8)12/h2-6,8,11H,1,7,12H2. The lowest BCUT2D eigenvalue weighted by atomic mass is 10.0. The number of rotatable bonds is 1. The zero-order valence-electron chi connectivity index (χ0n) is 7.03. The van der Waals surface area contributed by atoms with Crippen molar-refractivity contribution in [1.29, 1.82) is 0 Å². The minimum Gasteiger partial charge on any atom is -0.323 e. The van der Waals surface area contributed by atoms with Crippen LogP contribution in [0, 0.1) is 5.92 Å². The molecular weight excluding hydrogens is 146 g/mol. The minimum atomic E-state index is 0.165. The molecule has 2 unspecified atom stereocenters. The maximum absolute atomic E-state index is 6.03. The van der Waals surface area contributed by atoms with E-state index in [2.05, 4.69) is 24.8 Å². The second-order valence-corrected chi connectivity index (χ2v) is 3.33. The molecular formula is C11H13N. The lowest BCUT2D eigenvalue weighted by molar-refractivity contribution is 0.570. The van der Waals surface area contributed by atoms with Crippen molar-refractivity contribution in [2.24, 2.45) is 11.7 Å². The Bertz CT molecular complexity index is 304. The topological polar surface area (TPSA) is 26.0 Å². The third kappa shape index (κ3) is 0.978. The molecule has 1 aromatic carbocycles. The molecule has 0 spiro atoms. The first-order chi connectivity index (χ1) is 5.83. The molecule has 1 heteroatoms. The Labute approximate surface area is 72.9 Å². The van der Waals surface area contributed by atoms with Crippen molar-refractivity contribution >= 4 is 0 Å². The van der Waals surface area contributed by atoms with Crippen LogP contribution in [0.3, 0.4) is 0 Å². The number of hydrogen-bond donors (Lipinski definition) is 1. The first-order valence-electron chi connectivity index (χ1n) is 4.29.